The lowest BCUT2D eigenvalue weighted by Crippen LogP contribution is -2.23. The summed E-state index contributed by atoms with van der Waals surface area (Å²) >= 11 is 11.7. The number of nitrogens with one attached hydrogen (secondary N) is 1. The first-order chi connectivity index (χ1) is 10.0. The molecule has 0 radical (unpaired) electrons. The molecule has 0 aromatic heterocycles. The van der Waals surface area contributed by atoms with E-state index in [1.54, 1.807) is 6.07 Å². The maximum absolute atomic E-state index is 13.2. The van der Waals surface area contributed by atoms with Gasteiger partial charge in [0, 0.05) is 17.1 Å². The number of rotatable bonds is 4. The molecule has 2 rings (SSSR count). The minimum atomic E-state index is -0.478. The van der Waals surface area contributed by atoms with Crippen molar-refractivity contribution in [2.75, 3.05) is 0 Å². The first-order valence-electron chi connectivity index (χ1n) is 6.12. The minimum absolute atomic E-state index is 0.186. The Kier molecular flexibility index (Phi) is 5.17. The van der Waals surface area contributed by atoms with Crippen LogP contribution < -0.4 is 5.32 Å². The fourth-order valence-electron chi connectivity index (χ4n) is 1.81. The topological polar surface area (TPSA) is 49.3 Å². The number of aliphatic hydroxyl groups is 1. The van der Waals surface area contributed by atoms with Crippen LogP contribution in [0.3, 0.4) is 0 Å². The van der Waals surface area contributed by atoms with Crippen molar-refractivity contribution in [3.8, 4) is 0 Å². The van der Waals surface area contributed by atoms with Crippen molar-refractivity contribution in [1.82, 2.24) is 5.32 Å². The highest BCUT2D eigenvalue weighted by Gasteiger charge is 2.11. The normalized spacial score (nSPS) is 10.5. The molecule has 2 N–H and O–H groups in total. The Morgan fingerprint density at radius 3 is 2.62 bits per heavy atom. The molecule has 0 atom stereocenters. The predicted molar refractivity (Wildman–Crippen MR) is 80.0 cm³/mol. The monoisotopic (exact) mass is 327 g/mol. The second kappa shape index (κ2) is 6.89. The fraction of sp³-hybridized carbons (Fsp3) is 0.133. The number of aliphatic hydroxyl groups excluding tert-OH is 1. The Bertz CT molecular complexity index is 677. The van der Waals surface area contributed by atoms with Crippen molar-refractivity contribution in [1.29, 1.82) is 0 Å². The van der Waals surface area contributed by atoms with Gasteiger partial charge >= 0.3 is 0 Å². The second-order valence-corrected chi connectivity index (χ2v) is 5.23. The molecule has 0 saturated heterocycles. The molecule has 0 spiro atoms. The molecule has 0 heterocycles. The van der Waals surface area contributed by atoms with Crippen LogP contribution in [0, 0.1) is 5.82 Å². The smallest absolute Gasteiger partial charge is 0.253 e. The van der Waals surface area contributed by atoms with Gasteiger partial charge in [0.2, 0.25) is 0 Å². The van der Waals surface area contributed by atoms with E-state index in [9.17, 15) is 9.18 Å². The summed E-state index contributed by atoms with van der Waals surface area (Å²) in [5.74, 6) is -0.833. The number of benzene rings is 2. The van der Waals surface area contributed by atoms with Gasteiger partial charge in [0.05, 0.1) is 17.2 Å². The lowest BCUT2D eigenvalue weighted by Gasteiger charge is -2.08. The van der Waals surface area contributed by atoms with Crippen LogP contribution in [0.2, 0.25) is 10.0 Å². The maximum Gasteiger partial charge on any atom is 0.253 e. The average Bonchev–Trinajstić information content (AvgIpc) is 2.46. The van der Waals surface area contributed by atoms with E-state index in [0.29, 0.717) is 16.1 Å². The molecule has 0 unspecified atom stereocenters. The number of hydrogen-bond donors (Lipinski definition) is 2. The summed E-state index contributed by atoms with van der Waals surface area (Å²) in [6.45, 7) is -0.193. The summed E-state index contributed by atoms with van der Waals surface area (Å²) in [6.07, 6.45) is 0. The summed E-state index contributed by atoms with van der Waals surface area (Å²) in [6, 6.07) is 8.88. The summed E-state index contributed by atoms with van der Waals surface area (Å²) in [5, 5.41) is 12.4. The van der Waals surface area contributed by atoms with Crippen LogP contribution in [0.25, 0.3) is 0 Å². The van der Waals surface area contributed by atoms with Crippen LogP contribution in [0.1, 0.15) is 21.5 Å². The number of halogens is 3. The van der Waals surface area contributed by atoms with E-state index in [1.165, 1.54) is 30.3 Å². The molecule has 21 heavy (non-hydrogen) atoms. The van der Waals surface area contributed by atoms with E-state index in [4.69, 9.17) is 28.3 Å². The van der Waals surface area contributed by atoms with Crippen molar-refractivity contribution in [2.45, 2.75) is 13.2 Å². The zero-order valence-corrected chi connectivity index (χ0v) is 12.4. The van der Waals surface area contributed by atoms with Crippen LogP contribution in [-0.4, -0.2) is 11.0 Å². The quantitative estimate of drug-likeness (QED) is 0.902. The van der Waals surface area contributed by atoms with Crippen LogP contribution >= 0.6 is 23.2 Å². The standard InChI is InChI=1S/C15H12Cl2FNO2/c16-11-2-3-12(13(17)6-11)15(21)19-7-9-1-4-14(18)10(5-9)8-20/h1-6,20H,7-8H2,(H,19,21). The van der Waals surface area contributed by atoms with Gasteiger partial charge in [0.15, 0.2) is 0 Å². The maximum atomic E-state index is 13.2. The van der Waals surface area contributed by atoms with E-state index in [2.05, 4.69) is 5.32 Å². The van der Waals surface area contributed by atoms with Crippen LogP contribution in [0.15, 0.2) is 36.4 Å². The number of hydrogen-bond acceptors (Lipinski definition) is 2. The number of carbonyl (C=O) groups is 1. The molecule has 2 aromatic carbocycles. The largest absolute Gasteiger partial charge is 0.392 e. The van der Waals surface area contributed by atoms with E-state index >= 15 is 0 Å². The molecular formula is C15H12Cl2FNO2. The minimum Gasteiger partial charge on any atom is -0.392 e. The van der Waals surface area contributed by atoms with Gasteiger partial charge in [-0.05, 0) is 35.9 Å². The van der Waals surface area contributed by atoms with Gasteiger partial charge in [-0.25, -0.2) is 4.39 Å². The summed E-state index contributed by atoms with van der Waals surface area (Å²) in [7, 11) is 0. The number of amides is 1. The van der Waals surface area contributed by atoms with Gasteiger partial charge in [-0.15, -0.1) is 0 Å². The Morgan fingerprint density at radius 1 is 1.19 bits per heavy atom. The molecule has 110 valence electrons. The Labute approximate surface area is 131 Å². The van der Waals surface area contributed by atoms with Crippen LogP contribution in [-0.2, 0) is 13.2 Å². The van der Waals surface area contributed by atoms with E-state index in [1.807, 2.05) is 0 Å². The van der Waals surface area contributed by atoms with Crippen molar-refractivity contribution >= 4 is 29.1 Å². The molecule has 1 amide bonds. The summed E-state index contributed by atoms with van der Waals surface area (Å²) < 4.78 is 13.2. The third kappa shape index (κ3) is 3.94. The van der Waals surface area contributed by atoms with Gasteiger partial charge < -0.3 is 10.4 Å². The Balaban J connectivity index is 2.07. The van der Waals surface area contributed by atoms with Gasteiger partial charge in [0.25, 0.3) is 5.91 Å². The van der Waals surface area contributed by atoms with E-state index in [-0.39, 0.29) is 23.0 Å². The van der Waals surface area contributed by atoms with Crippen molar-refractivity contribution in [3.05, 3.63) is 69.0 Å². The third-order valence-corrected chi connectivity index (χ3v) is 3.46. The summed E-state index contributed by atoms with van der Waals surface area (Å²) in [5.41, 5.74) is 1.18. The van der Waals surface area contributed by atoms with Crippen molar-refractivity contribution in [3.63, 3.8) is 0 Å². The molecule has 0 aliphatic rings. The molecule has 0 aliphatic carbocycles. The fourth-order valence-corrected chi connectivity index (χ4v) is 2.30. The van der Waals surface area contributed by atoms with Gasteiger partial charge in [-0.1, -0.05) is 29.3 Å². The number of carbonyl (C=O) groups excluding carboxylic acids is 1. The molecule has 0 fully saturated rings. The Hall–Kier alpha value is -1.62. The zero-order valence-electron chi connectivity index (χ0n) is 10.9. The zero-order chi connectivity index (χ0) is 15.4. The highest BCUT2D eigenvalue weighted by atomic mass is 35.5. The molecular weight excluding hydrogens is 316 g/mol. The first-order valence-corrected chi connectivity index (χ1v) is 6.88. The van der Waals surface area contributed by atoms with Crippen LogP contribution in [0.4, 0.5) is 4.39 Å². The molecule has 2 aromatic rings. The molecule has 0 saturated carbocycles. The van der Waals surface area contributed by atoms with Crippen molar-refractivity contribution < 1.29 is 14.3 Å². The Morgan fingerprint density at radius 2 is 1.95 bits per heavy atom. The second-order valence-electron chi connectivity index (χ2n) is 4.39. The third-order valence-electron chi connectivity index (χ3n) is 2.91. The molecule has 6 heteroatoms. The molecule has 3 nitrogen and oxygen atoms in total. The van der Waals surface area contributed by atoms with Gasteiger partial charge in [-0.2, -0.15) is 0 Å². The molecule has 0 bridgehead atoms. The van der Waals surface area contributed by atoms with E-state index in [0.717, 1.165) is 0 Å². The lowest BCUT2D eigenvalue weighted by atomic mass is 10.1. The lowest BCUT2D eigenvalue weighted by molar-refractivity contribution is 0.0951. The van der Waals surface area contributed by atoms with Gasteiger partial charge in [-0.3, -0.25) is 4.79 Å². The first kappa shape index (κ1) is 15.8. The van der Waals surface area contributed by atoms with E-state index < -0.39 is 12.4 Å². The summed E-state index contributed by atoms with van der Waals surface area (Å²) in [4.78, 5) is 12.0. The average molecular weight is 328 g/mol. The highest BCUT2D eigenvalue weighted by molar-refractivity contribution is 6.36. The predicted octanol–water partition coefficient (Wildman–Crippen LogP) is 3.55. The molecule has 0 aliphatic heterocycles. The SMILES string of the molecule is O=C(NCc1ccc(F)c(CO)c1)c1ccc(Cl)cc1Cl. The highest BCUT2D eigenvalue weighted by Crippen LogP contribution is 2.21. The van der Waals surface area contributed by atoms with Gasteiger partial charge in [0.1, 0.15) is 5.82 Å². The van der Waals surface area contributed by atoms with Crippen LogP contribution in [0.5, 0.6) is 0 Å². The van der Waals surface area contributed by atoms with Crippen molar-refractivity contribution in [2.24, 2.45) is 0 Å².